The Labute approximate surface area is 82.4 Å². The van der Waals surface area contributed by atoms with Gasteiger partial charge in [0.1, 0.15) is 0 Å². The number of nitrogens with one attached hydrogen (secondary N) is 2. The lowest BCUT2D eigenvalue weighted by atomic mass is 10.1. The van der Waals surface area contributed by atoms with Gasteiger partial charge in [0.25, 0.3) is 0 Å². The van der Waals surface area contributed by atoms with Crippen LogP contribution in [0, 0.1) is 23.7 Å². The number of hydrazone groups is 1. The topological polar surface area (TPSA) is 72.0 Å². The van der Waals surface area contributed by atoms with Gasteiger partial charge in [0, 0.05) is 6.21 Å². The van der Waals surface area contributed by atoms with E-state index in [9.17, 15) is 0 Å². The van der Waals surface area contributed by atoms with E-state index in [0.717, 1.165) is 17.5 Å². The van der Waals surface area contributed by atoms with Gasteiger partial charge in [0.15, 0.2) is 0 Å². The van der Waals surface area contributed by atoms with Gasteiger partial charge in [-0.05, 0) is 30.7 Å². The van der Waals surface area contributed by atoms with Crippen molar-refractivity contribution >= 4 is 18.1 Å². The molecule has 4 nitrogen and oxygen atoms in total. The molecule has 0 amide bonds. The van der Waals surface area contributed by atoms with Gasteiger partial charge < -0.3 is 5.41 Å². The van der Waals surface area contributed by atoms with Crippen LogP contribution in [0.5, 0.6) is 0 Å². The summed E-state index contributed by atoms with van der Waals surface area (Å²) in [6.07, 6.45) is 2.43. The second-order valence-electron chi connectivity index (χ2n) is 2.70. The zero-order chi connectivity index (χ0) is 10.4. The van der Waals surface area contributed by atoms with Crippen molar-refractivity contribution in [3.8, 4) is 6.07 Å². The van der Waals surface area contributed by atoms with Crippen LogP contribution in [0.2, 0.25) is 0 Å². The van der Waals surface area contributed by atoms with E-state index in [0.29, 0.717) is 5.56 Å². The Morgan fingerprint density at radius 1 is 1.57 bits per heavy atom. The molecular formula is C10H10N4. The van der Waals surface area contributed by atoms with Crippen molar-refractivity contribution in [2.75, 3.05) is 5.43 Å². The van der Waals surface area contributed by atoms with Crippen molar-refractivity contribution in [1.82, 2.24) is 0 Å². The maximum Gasteiger partial charge on any atom is 0.0991 e. The van der Waals surface area contributed by atoms with Crippen LogP contribution in [0.15, 0.2) is 23.3 Å². The number of nitrogens with zero attached hydrogens (tertiary/aromatic N) is 2. The SMILES string of the molecule is Cc1cc(C#N)ccc1N/N=C\C=N. The van der Waals surface area contributed by atoms with Crippen LogP contribution in [-0.4, -0.2) is 12.4 Å². The molecule has 0 bridgehead atoms. The zero-order valence-electron chi connectivity index (χ0n) is 7.78. The third kappa shape index (κ3) is 2.42. The molecule has 0 fully saturated rings. The minimum Gasteiger partial charge on any atom is -0.307 e. The number of hydrogen-bond donors (Lipinski definition) is 2. The van der Waals surface area contributed by atoms with E-state index in [1.165, 1.54) is 6.21 Å². The van der Waals surface area contributed by atoms with Gasteiger partial charge in [-0.1, -0.05) is 0 Å². The van der Waals surface area contributed by atoms with Crippen LogP contribution in [0.25, 0.3) is 0 Å². The molecule has 0 spiro atoms. The van der Waals surface area contributed by atoms with E-state index in [1.807, 2.05) is 6.92 Å². The largest absolute Gasteiger partial charge is 0.307 e. The fraction of sp³-hybridized carbons (Fsp3) is 0.100. The van der Waals surface area contributed by atoms with Crippen LogP contribution in [0.1, 0.15) is 11.1 Å². The van der Waals surface area contributed by atoms with Gasteiger partial charge in [-0.15, -0.1) is 0 Å². The Bertz CT molecular complexity index is 401. The van der Waals surface area contributed by atoms with Gasteiger partial charge in [-0.2, -0.15) is 10.4 Å². The summed E-state index contributed by atoms with van der Waals surface area (Å²) in [6, 6.07) is 7.34. The Balaban J connectivity index is 2.85. The van der Waals surface area contributed by atoms with Crippen LogP contribution < -0.4 is 5.43 Å². The molecule has 4 heteroatoms. The zero-order valence-corrected chi connectivity index (χ0v) is 7.78. The fourth-order valence-electron chi connectivity index (χ4n) is 1.00. The first-order valence-electron chi connectivity index (χ1n) is 4.07. The first kappa shape index (κ1) is 9.93. The predicted molar refractivity (Wildman–Crippen MR) is 56.8 cm³/mol. The smallest absolute Gasteiger partial charge is 0.0991 e. The molecule has 1 aromatic rings. The molecule has 0 aromatic heterocycles. The summed E-state index contributed by atoms with van der Waals surface area (Å²) >= 11 is 0. The van der Waals surface area contributed by atoms with Gasteiger partial charge in [0.05, 0.1) is 23.5 Å². The van der Waals surface area contributed by atoms with Crippen molar-refractivity contribution in [3.63, 3.8) is 0 Å². The molecule has 0 radical (unpaired) electrons. The summed E-state index contributed by atoms with van der Waals surface area (Å²) in [5, 5.41) is 19.1. The molecule has 0 aliphatic carbocycles. The van der Waals surface area contributed by atoms with Gasteiger partial charge in [0.2, 0.25) is 0 Å². The van der Waals surface area contributed by atoms with Crippen molar-refractivity contribution in [1.29, 1.82) is 10.7 Å². The Kier molecular flexibility index (Phi) is 3.39. The first-order valence-corrected chi connectivity index (χ1v) is 4.07. The predicted octanol–water partition coefficient (Wildman–Crippen LogP) is 1.91. The van der Waals surface area contributed by atoms with Crippen LogP contribution in [-0.2, 0) is 0 Å². The quantitative estimate of drug-likeness (QED) is 0.559. The summed E-state index contributed by atoms with van der Waals surface area (Å²) in [4.78, 5) is 0. The average molecular weight is 186 g/mol. The number of hydrogen-bond acceptors (Lipinski definition) is 4. The number of anilines is 1. The van der Waals surface area contributed by atoms with Crippen molar-refractivity contribution < 1.29 is 0 Å². The standard InChI is InChI=1S/C10H10N4/c1-8-6-9(7-12)2-3-10(8)14-13-5-4-11/h2-6,11,14H,1H3/b11-4?,13-5-. The molecule has 0 atom stereocenters. The van der Waals surface area contributed by atoms with E-state index in [1.54, 1.807) is 18.2 Å². The van der Waals surface area contributed by atoms with E-state index >= 15 is 0 Å². The highest BCUT2D eigenvalue weighted by atomic mass is 15.3. The van der Waals surface area contributed by atoms with Gasteiger partial charge >= 0.3 is 0 Å². The van der Waals surface area contributed by atoms with E-state index in [2.05, 4.69) is 16.6 Å². The summed E-state index contributed by atoms with van der Waals surface area (Å²) in [7, 11) is 0. The molecule has 0 unspecified atom stereocenters. The maximum absolute atomic E-state index is 8.64. The van der Waals surface area contributed by atoms with Crippen LogP contribution in [0.4, 0.5) is 5.69 Å². The number of rotatable bonds is 3. The van der Waals surface area contributed by atoms with Crippen LogP contribution >= 0.6 is 0 Å². The summed E-state index contributed by atoms with van der Waals surface area (Å²) in [5.41, 5.74) is 5.19. The molecular weight excluding hydrogens is 176 g/mol. The van der Waals surface area contributed by atoms with Crippen molar-refractivity contribution in [2.45, 2.75) is 6.92 Å². The van der Waals surface area contributed by atoms with Gasteiger partial charge in [-0.25, -0.2) is 0 Å². The third-order valence-corrected chi connectivity index (χ3v) is 1.69. The minimum absolute atomic E-state index is 0.629. The van der Waals surface area contributed by atoms with E-state index < -0.39 is 0 Å². The molecule has 0 heterocycles. The lowest BCUT2D eigenvalue weighted by Crippen LogP contribution is -1.93. The Hall–Kier alpha value is -2.15. The molecule has 0 aliphatic rings. The Morgan fingerprint density at radius 3 is 2.93 bits per heavy atom. The molecule has 2 N–H and O–H groups in total. The molecule has 1 aromatic carbocycles. The average Bonchev–Trinajstić information content (AvgIpc) is 2.20. The van der Waals surface area contributed by atoms with Crippen LogP contribution in [0.3, 0.4) is 0 Å². The molecule has 1 rings (SSSR count). The second-order valence-corrected chi connectivity index (χ2v) is 2.70. The van der Waals surface area contributed by atoms with Crippen molar-refractivity contribution in [2.24, 2.45) is 5.10 Å². The molecule has 0 saturated carbocycles. The lowest BCUT2D eigenvalue weighted by molar-refractivity contribution is 1.31. The highest BCUT2D eigenvalue weighted by Gasteiger charge is 1.97. The van der Waals surface area contributed by atoms with Gasteiger partial charge in [-0.3, -0.25) is 5.43 Å². The van der Waals surface area contributed by atoms with E-state index in [-0.39, 0.29) is 0 Å². The normalized spacial score (nSPS) is 9.71. The summed E-state index contributed by atoms with van der Waals surface area (Å²) in [6.45, 7) is 1.89. The van der Waals surface area contributed by atoms with E-state index in [4.69, 9.17) is 10.7 Å². The molecule has 0 aliphatic heterocycles. The van der Waals surface area contributed by atoms with Crippen molar-refractivity contribution in [3.05, 3.63) is 29.3 Å². The third-order valence-electron chi connectivity index (χ3n) is 1.69. The molecule has 14 heavy (non-hydrogen) atoms. The summed E-state index contributed by atoms with van der Waals surface area (Å²) < 4.78 is 0. The number of benzene rings is 1. The first-order chi connectivity index (χ1) is 6.77. The molecule has 0 saturated heterocycles. The minimum atomic E-state index is 0.629. The maximum atomic E-state index is 8.64. The second kappa shape index (κ2) is 4.77. The highest BCUT2D eigenvalue weighted by molar-refractivity contribution is 6.14. The Morgan fingerprint density at radius 2 is 2.36 bits per heavy atom. The molecule has 70 valence electrons. The fourth-order valence-corrected chi connectivity index (χ4v) is 1.00. The summed E-state index contributed by atoms with van der Waals surface area (Å²) in [5.74, 6) is 0. The highest BCUT2D eigenvalue weighted by Crippen LogP contribution is 2.15. The number of aryl methyl sites for hydroxylation is 1. The number of nitriles is 1. The monoisotopic (exact) mass is 186 g/mol. The lowest BCUT2D eigenvalue weighted by Gasteiger charge is -2.03.